The van der Waals surface area contributed by atoms with Crippen LogP contribution >= 0.6 is 0 Å². The van der Waals surface area contributed by atoms with Crippen molar-refractivity contribution in [2.24, 2.45) is 5.14 Å². The van der Waals surface area contributed by atoms with Gasteiger partial charge in [0, 0.05) is 13.1 Å². The average Bonchev–Trinajstić information content (AvgIpc) is 2.34. The molecule has 1 heterocycles. The van der Waals surface area contributed by atoms with Crippen LogP contribution in [0.5, 0.6) is 0 Å². The number of benzene rings is 1. The molecule has 0 fully saturated rings. The summed E-state index contributed by atoms with van der Waals surface area (Å²) in [5.41, 5.74) is 0.738. The fourth-order valence-corrected chi connectivity index (χ4v) is 2.98. The number of nitrogens with two attached hydrogens (primary N) is 1. The maximum atomic E-state index is 12.4. The fourth-order valence-electron chi connectivity index (χ4n) is 2.17. The van der Waals surface area contributed by atoms with Crippen molar-refractivity contribution in [2.45, 2.75) is 24.0 Å². The van der Waals surface area contributed by atoms with Gasteiger partial charge in [-0.2, -0.15) is 13.2 Å². The lowest BCUT2D eigenvalue weighted by molar-refractivity contribution is -0.186. The van der Waals surface area contributed by atoms with E-state index in [0.29, 0.717) is 10.5 Å². The highest BCUT2D eigenvalue weighted by atomic mass is 32.2. The summed E-state index contributed by atoms with van der Waals surface area (Å²) < 4.78 is 60.1. The summed E-state index contributed by atoms with van der Waals surface area (Å²) in [7, 11) is -4.05. The van der Waals surface area contributed by atoms with Crippen LogP contribution in [-0.2, 0) is 27.8 Å². The molecular weight excluding hydrogens is 297 g/mol. The van der Waals surface area contributed by atoms with Gasteiger partial charge in [-0.3, -0.25) is 4.79 Å². The monoisotopic (exact) mass is 308 g/mol. The molecule has 9 heteroatoms. The van der Waals surface area contributed by atoms with Crippen LogP contribution in [0.1, 0.15) is 11.1 Å². The van der Waals surface area contributed by atoms with Crippen molar-refractivity contribution in [1.82, 2.24) is 4.90 Å². The number of sulfonamides is 1. The number of carbonyl (C=O) groups excluding carboxylic acids is 1. The van der Waals surface area contributed by atoms with E-state index >= 15 is 0 Å². The molecule has 0 aromatic heterocycles. The molecule has 0 bridgehead atoms. The Morgan fingerprint density at radius 2 is 1.95 bits per heavy atom. The second-order valence-corrected chi connectivity index (χ2v) is 5.94. The summed E-state index contributed by atoms with van der Waals surface area (Å²) in [5, 5.41) is 5.03. The highest BCUT2D eigenvalue weighted by Gasteiger charge is 2.43. The van der Waals surface area contributed by atoms with Crippen molar-refractivity contribution in [2.75, 3.05) is 6.54 Å². The highest BCUT2D eigenvalue weighted by molar-refractivity contribution is 7.89. The summed E-state index contributed by atoms with van der Waals surface area (Å²) in [6.07, 6.45) is -4.82. The van der Waals surface area contributed by atoms with Crippen molar-refractivity contribution in [3.63, 3.8) is 0 Å². The SMILES string of the molecule is NS(=O)(=O)c1cccc2c1CN(C(=O)C(F)(F)F)CC2. The molecule has 1 aliphatic heterocycles. The number of carbonyl (C=O) groups is 1. The largest absolute Gasteiger partial charge is 0.471 e. The lowest BCUT2D eigenvalue weighted by atomic mass is 10.00. The van der Waals surface area contributed by atoms with E-state index in [4.69, 9.17) is 5.14 Å². The smallest absolute Gasteiger partial charge is 0.330 e. The van der Waals surface area contributed by atoms with Gasteiger partial charge < -0.3 is 4.90 Å². The number of halogens is 3. The van der Waals surface area contributed by atoms with Crippen molar-refractivity contribution in [3.8, 4) is 0 Å². The molecule has 20 heavy (non-hydrogen) atoms. The van der Waals surface area contributed by atoms with Gasteiger partial charge in [-0.05, 0) is 23.6 Å². The van der Waals surface area contributed by atoms with Crippen LogP contribution in [0.2, 0.25) is 0 Å². The number of hydrogen-bond acceptors (Lipinski definition) is 3. The van der Waals surface area contributed by atoms with Crippen molar-refractivity contribution >= 4 is 15.9 Å². The molecule has 0 aliphatic carbocycles. The third-order valence-electron chi connectivity index (χ3n) is 3.07. The molecule has 5 nitrogen and oxygen atoms in total. The molecule has 1 aliphatic rings. The summed E-state index contributed by atoms with van der Waals surface area (Å²) in [6, 6.07) is 4.30. The lowest BCUT2D eigenvalue weighted by Crippen LogP contribution is -2.44. The summed E-state index contributed by atoms with van der Waals surface area (Å²) >= 11 is 0. The molecule has 0 radical (unpaired) electrons. The van der Waals surface area contributed by atoms with Gasteiger partial charge in [-0.15, -0.1) is 0 Å². The molecule has 0 saturated heterocycles. The summed E-state index contributed by atoms with van der Waals surface area (Å²) in [4.78, 5) is 11.5. The molecule has 1 aromatic rings. The minimum Gasteiger partial charge on any atom is -0.330 e. The molecule has 0 unspecified atom stereocenters. The normalized spacial score (nSPS) is 15.9. The maximum absolute atomic E-state index is 12.4. The third-order valence-corrected chi connectivity index (χ3v) is 4.06. The first-order valence-electron chi connectivity index (χ1n) is 5.60. The summed E-state index contributed by atoms with van der Waals surface area (Å²) in [5.74, 6) is -1.98. The third kappa shape index (κ3) is 2.78. The number of fused-ring (bicyclic) bond motifs is 1. The van der Waals surface area contributed by atoms with Gasteiger partial charge in [0.1, 0.15) is 0 Å². The van der Waals surface area contributed by atoms with Crippen molar-refractivity contribution in [1.29, 1.82) is 0 Å². The Kier molecular flexibility index (Phi) is 3.51. The Balaban J connectivity index is 2.41. The van der Waals surface area contributed by atoms with E-state index in [2.05, 4.69) is 0 Å². The first kappa shape index (κ1) is 14.8. The standard InChI is InChI=1S/C11H11F3N2O3S/c12-11(13,14)10(17)16-5-4-7-2-1-3-9(8(7)6-16)20(15,18)19/h1-3H,4-6H2,(H2,15,18,19). The van der Waals surface area contributed by atoms with E-state index in [-0.39, 0.29) is 23.4 Å². The highest BCUT2D eigenvalue weighted by Crippen LogP contribution is 2.28. The molecule has 110 valence electrons. The van der Waals surface area contributed by atoms with Gasteiger partial charge in [0.05, 0.1) is 4.90 Å². The first-order valence-corrected chi connectivity index (χ1v) is 7.15. The Morgan fingerprint density at radius 3 is 2.50 bits per heavy atom. The van der Waals surface area contributed by atoms with Crippen LogP contribution in [0.15, 0.2) is 23.1 Å². The van der Waals surface area contributed by atoms with Crippen LogP contribution in [0.25, 0.3) is 0 Å². The van der Waals surface area contributed by atoms with Gasteiger partial charge >= 0.3 is 12.1 Å². The fraction of sp³-hybridized carbons (Fsp3) is 0.364. The van der Waals surface area contributed by atoms with E-state index in [9.17, 15) is 26.4 Å². The van der Waals surface area contributed by atoms with Crippen LogP contribution in [-0.4, -0.2) is 31.9 Å². The van der Waals surface area contributed by atoms with E-state index in [1.165, 1.54) is 12.1 Å². The van der Waals surface area contributed by atoms with Gasteiger partial charge in [0.2, 0.25) is 10.0 Å². The molecular formula is C11H11F3N2O3S. The average molecular weight is 308 g/mol. The van der Waals surface area contributed by atoms with E-state index in [0.717, 1.165) is 0 Å². The number of hydrogen-bond donors (Lipinski definition) is 1. The van der Waals surface area contributed by atoms with Crippen LogP contribution in [0.3, 0.4) is 0 Å². The number of alkyl halides is 3. The molecule has 2 N–H and O–H groups in total. The number of primary sulfonamides is 1. The zero-order valence-corrected chi connectivity index (χ0v) is 11.0. The van der Waals surface area contributed by atoms with Crippen LogP contribution in [0, 0.1) is 0 Å². The van der Waals surface area contributed by atoms with Crippen molar-refractivity contribution < 1.29 is 26.4 Å². The predicted molar refractivity (Wildman–Crippen MR) is 63.0 cm³/mol. The van der Waals surface area contributed by atoms with Crippen LogP contribution in [0.4, 0.5) is 13.2 Å². The zero-order valence-electron chi connectivity index (χ0n) is 10.1. The number of amides is 1. The molecule has 0 saturated carbocycles. The number of nitrogens with zero attached hydrogens (tertiary/aromatic N) is 1. The zero-order chi connectivity index (χ0) is 15.1. The molecule has 1 amide bonds. The van der Waals surface area contributed by atoms with E-state index in [1.807, 2.05) is 0 Å². The second kappa shape index (κ2) is 4.74. The maximum Gasteiger partial charge on any atom is 0.471 e. The lowest BCUT2D eigenvalue weighted by Gasteiger charge is -2.30. The van der Waals surface area contributed by atoms with E-state index < -0.39 is 28.7 Å². The van der Waals surface area contributed by atoms with E-state index in [1.54, 1.807) is 6.07 Å². The quantitative estimate of drug-likeness (QED) is 0.832. The minimum absolute atomic E-state index is 0.112. The Morgan fingerprint density at radius 1 is 1.30 bits per heavy atom. The van der Waals surface area contributed by atoms with Gasteiger partial charge in [0.25, 0.3) is 0 Å². The molecule has 1 aromatic carbocycles. The topological polar surface area (TPSA) is 80.5 Å². The van der Waals surface area contributed by atoms with Gasteiger partial charge in [-0.1, -0.05) is 12.1 Å². The summed E-state index contributed by atoms with van der Waals surface area (Å²) in [6.45, 7) is -0.528. The van der Waals surface area contributed by atoms with Gasteiger partial charge in [-0.25, -0.2) is 13.6 Å². The molecule has 2 rings (SSSR count). The first-order chi connectivity index (χ1) is 9.10. The molecule has 0 atom stereocenters. The molecule has 0 spiro atoms. The van der Waals surface area contributed by atoms with Gasteiger partial charge in [0.15, 0.2) is 0 Å². The predicted octanol–water partition coefficient (Wildman–Crippen LogP) is 0.781. The minimum atomic E-state index is -4.98. The van der Waals surface area contributed by atoms with Crippen LogP contribution < -0.4 is 5.14 Å². The Bertz CT molecular complexity index is 655. The second-order valence-electron chi connectivity index (χ2n) is 4.41. The van der Waals surface area contributed by atoms with Crippen molar-refractivity contribution in [3.05, 3.63) is 29.3 Å². The Hall–Kier alpha value is -1.61. The number of rotatable bonds is 1. The Labute approximate surface area is 113 Å².